The Morgan fingerprint density at radius 1 is 1.47 bits per heavy atom. The summed E-state index contributed by atoms with van der Waals surface area (Å²) in [5.74, 6) is 0.676. The second kappa shape index (κ2) is 5.75. The van der Waals surface area contributed by atoms with Crippen LogP contribution in [0.3, 0.4) is 0 Å². The van der Waals surface area contributed by atoms with E-state index in [4.69, 9.17) is 0 Å². The van der Waals surface area contributed by atoms with Crippen LogP contribution in [0.2, 0.25) is 0 Å². The van der Waals surface area contributed by atoms with E-state index in [0.29, 0.717) is 5.92 Å². The zero-order chi connectivity index (χ0) is 11.3. The van der Waals surface area contributed by atoms with E-state index in [1.165, 1.54) is 0 Å². The highest BCUT2D eigenvalue weighted by Crippen LogP contribution is 2.12. The Morgan fingerprint density at radius 2 is 2.20 bits per heavy atom. The number of nitrogens with one attached hydrogen (secondary N) is 1. The first kappa shape index (κ1) is 12.0. The topological polar surface area (TPSA) is 50.1 Å². The molecule has 1 aromatic rings. The Morgan fingerprint density at radius 3 is 2.67 bits per heavy atom. The maximum Gasteiger partial charge on any atom is 0.0729 e. The van der Waals surface area contributed by atoms with Crippen LogP contribution in [0.15, 0.2) is 12.4 Å². The lowest BCUT2D eigenvalue weighted by molar-refractivity contribution is 0.263. The maximum absolute atomic E-state index is 9.22. The molecule has 0 aliphatic rings. The molecule has 0 aliphatic carbocycles. The summed E-state index contributed by atoms with van der Waals surface area (Å²) < 4.78 is 1.75. The largest absolute Gasteiger partial charge is 0.394 e. The Balaban J connectivity index is 2.39. The summed E-state index contributed by atoms with van der Waals surface area (Å²) >= 11 is 0. The van der Waals surface area contributed by atoms with Crippen molar-refractivity contribution in [1.29, 1.82) is 0 Å². The van der Waals surface area contributed by atoms with Crippen molar-refractivity contribution in [2.45, 2.75) is 32.7 Å². The van der Waals surface area contributed by atoms with Gasteiger partial charge in [-0.2, -0.15) is 5.10 Å². The second-order valence-corrected chi connectivity index (χ2v) is 4.40. The van der Waals surface area contributed by atoms with E-state index in [0.717, 1.165) is 18.5 Å². The highest BCUT2D eigenvalue weighted by Gasteiger charge is 2.08. The van der Waals surface area contributed by atoms with Crippen LogP contribution in [0.4, 0.5) is 5.69 Å². The van der Waals surface area contributed by atoms with Gasteiger partial charge in [0.2, 0.25) is 0 Å². The van der Waals surface area contributed by atoms with Gasteiger partial charge < -0.3 is 10.4 Å². The molecule has 86 valence electrons. The molecule has 0 spiro atoms. The number of aromatic nitrogens is 2. The van der Waals surface area contributed by atoms with Gasteiger partial charge in [0.25, 0.3) is 0 Å². The fourth-order valence-corrected chi connectivity index (χ4v) is 1.48. The van der Waals surface area contributed by atoms with Crippen molar-refractivity contribution in [3.63, 3.8) is 0 Å². The third-order valence-corrected chi connectivity index (χ3v) is 2.39. The SMILES string of the molecule is CC(C)CCC(CO)Nc1cnn(C)c1. The summed E-state index contributed by atoms with van der Waals surface area (Å²) in [6.07, 6.45) is 5.80. The number of hydrogen-bond acceptors (Lipinski definition) is 3. The number of aliphatic hydroxyl groups excluding tert-OH is 1. The Hall–Kier alpha value is -1.03. The average Bonchev–Trinajstić information content (AvgIpc) is 2.58. The van der Waals surface area contributed by atoms with E-state index in [1.807, 2.05) is 13.2 Å². The number of aryl methyl sites for hydroxylation is 1. The first-order valence-corrected chi connectivity index (χ1v) is 5.48. The molecule has 15 heavy (non-hydrogen) atoms. The van der Waals surface area contributed by atoms with Crippen molar-refractivity contribution in [1.82, 2.24) is 9.78 Å². The molecule has 0 aliphatic heterocycles. The number of aliphatic hydroxyl groups is 1. The van der Waals surface area contributed by atoms with Crippen LogP contribution in [-0.4, -0.2) is 27.5 Å². The molecule has 0 amide bonds. The molecule has 1 heterocycles. The summed E-state index contributed by atoms with van der Waals surface area (Å²) in [6, 6.07) is 0.136. The average molecular weight is 211 g/mol. The predicted octanol–water partition coefficient (Wildman–Crippen LogP) is 1.63. The van der Waals surface area contributed by atoms with Crippen LogP contribution < -0.4 is 5.32 Å². The van der Waals surface area contributed by atoms with E-state index in [-0.39, 0.29) is 12.6 Å². The molecule has 4 nitrogen and oxygen atoms in total. The number of nitrogens with zero attached hydrogens (tertiary/aromatic N) is 2. The monoisotopic (exact) mass is 211 g/mol. The van der Waals surface area contributed by atoms with Crippen molar-refractivity contribution in [2.75, 3.05) is 11.9 Å². The van der Waals surface area contributed by atoms with Gasteiger partial charge in [-0.1, -0.05) is 13.8 Å². The summed E-state index contributed by atoms with van der Waals surface area (Å²) in [7, 11) is 1.88. The van der Waals surface area contributed by atoms with Gasteiger partial charge in [-0.15, -0.1) is 0 Å². The first-order chi connectivity index (χ1) is 7.11. The molecule has 1 unspecified atom stereocenters. The molecule has 0 saturated carbocycles. The third-order valence-electron chi connectivity index (χ3n) is 2.39. The van der Waals surface area contributed by atoms with Crippen molar-refractivity contribution >= 4 is 5.69 Å². The zero-order valence-electron chi connectivity index (χ0n) is 9.77. The Kier molecular flexibility index (Phi) is 4.62. The van der Waals surface area contributed by atoms with Gasteiger partial charge in [-0.3, -0.25) is 4.68 Å². The van der Waals surface area contributed by atoms with E-state index in [1.54, 1.807) is 10.9 Å². The molecule has 0 radical (unpaired) electrons. The number of hydrogen-bond donors (Lipinski definition) is 2. The summed E-state index contributed by atoms with van der Waals surface area (Å²) in [6.45, 7) is 4.55. The lowest BCUT2D eigenvalue weighted by Crippen LogP contribution is -2.24. The third kappa shape index (κ3) is 4.34. The molecule has 0 aromatic carbocycles. The maximum atomic E-state index is 9.22. The van der Waals surface area contributed by atoms with Gasteiger partial charge in [0.1, 0.15) is 0 Å². The fraction of sp³-hybridized carbons (Fsp3) is 0.727. The normalized spacial score (nSPS) is 13.1. The van der Waals surface area contributed by atoms with Crippen LogP contribution in [0.25, 0.3) is 0 Å². The lowest BCUT2D eigenvalue weighted by atomic mass is 10.0. The van der Waals surface area contributed by atoms with Crippen molar-refractivity contribution in [3.8, 4) is 0 Å². The van der Waals surface area contributed by atoms with Gasteiger partial charge >= 0.3 is 0 Å². The molecule has 1 rings (SSSR count). The minimum Gasteiger partial charge on any atom is -0.394 e. The van der Waals surface area contributed by atoms with Gasteiger partial charge in [-0.25, -0.2) is 0 Å². The van der Waals surface area contributed by atoms with Crippen LogP contribution in [-0.2, 0) is 7.05 Å². The zero-order valence-corrected chi connectivity index (χ0v) is 9.77. The Bertz CT molecular complexity index is 283. The molecule has 0 saturated heterocycles. The standard InChI is InChI=1S/C11H21N3O/c1-9(2)4-5-10(8-15)13-11-6-12-14(3)7-11/h6-7,9-10,13,15H,4-5,8H2,1-3H3. The van der Waals surface area contributed by atoms with E-state index < -0.39 is 0 Å². The van der Waals surface area contributed by atoms with Crippen LogP contribution in [0.1, 0.15) is 26.7 Å². The summed E-state index contributed by atoms with van der Waals surface area (Å²) in [4.78, 5) is 0. The number of anilines is 1. The Labute approximate surface area is 91.3 Å². The van der Waals surface area contributed by atoms with Gasteiger partial charge in [0, 0.05) is 19.3 Å². The summed E-state index contributed by atoms with van der Waals surface area (Å²) in [5, 5.41) is 16.6. The molecule has 2 N–H and O–H groups in total. The van der Waals surface area contributed by atoms with E-state index in [2.05, 4.69) is 24.3 Å². The molecule has 1 aromatic heterocycles. The van der Waals surface area contributed by atoms with Crippen LogP contribution in [0.5, 0.6) is 0 Å². The van der Waals surface area contributed by atoms with E-state index >= 15 is 0 Å². The van der Waals surface area contributed by atoms with Gasteiger partial charge in [0.05, 0.1) is 18.5 Å². The predicted molar refractivity (Wildman–Crippen MR) is 61.8 cm³/mol. The minimum atomic E-state index is 0.136. The van der Waals surface area contributed by atoms with Crippen LogP contribution >= 0.6 is 0 Å². The van der Waals surface area contributed by atoms with Gasteiger partial charge in [-0.05, 0) is 18.8 Å². The van der Waals surface area contributed by atoms with Crippen molar-refractivity contribution < 1.29 is 5.11 Å². The van der Waals surface area contributed by atoms with Crippen molar-refractivity contribution in [2.24, 2.45) is 13.0 Å². The molecule has 1 atom stereocenters. The molecule has 0 bridgehead atoms. The highest BCUT2D eigenvalue weighted by molar-refractivity contribution is 5.39. The second-order valence-electron chi connectivity index (χ2n) is 4.40. The van der Waals surface area contributed by atoms with Crippen molar-refractivity contribution in [3.05, 3.63) is 12.4 Å². The minimum absolute atomic E-state index is 0.136. The first-order valence-electron chi connectivity index (χ1n) is 5.48. The smallest absolute Gasteiger partial charge is 0.0729 e. The quantitative estimate of drug-likeness (QED) is 0.752. The van der Waals surface area contributed by atoms with Crippen LogP contribution in [0, 0.1) is 5.92 Å². The lowest BCUT2D eigenvalue weighted by Gasteiger charge is -2.17. The molecular formula is C11H21N3O. The summed E-state index contributed by atoms with van der Waals surface area (Å²) in [5.41, 5.74) is 0.973. The molecular weight excluding hydrogens is 190 g/mol. The molecule has 4 heteroatoms. The molecule has 0 fully saturated rings. The highest BCUT2D eigenvalue weighted by atomic mass is 16.3. The number of rotatable bonds is 6. The van der Waals surface area contributed by atoms with E-state index in [9.17, 15) is 5.11 Å². The fourth-order valence-electron chi connectivity index (χ4n) is 1.48. The van der Waals surface area contributed by atoms with Gasteiger partial charge in [0.15, 0.2) is 0 Å².